The Hall–Kier alpha value is -2.04. The normalized spacial score (nSPS) is 21.9. The summed E-state index contributed by atoms with van der Waals surface area (Å²) in [5.74, 6) is 1.84. The van der Waals surface area contributed by atoms with E-state index in [2.05, 4.69) is 38.8 Å². The number of sulfonamides is 1. The molecule has 0 spiro atoms. The Morgan fingerprint density at radius 3 is 2.42 bits per heavy atom. The summed E-state index contributed by atoms with van der Waals surface area (Å²) in [4.78, 5) is 5.02. The fourth-order valence-electron chi connectivity index (χ4n) is 5.59. The molecule has 2 aromatic heterocycles. The van der Waals surface area contributed by atoms with Gasteiger partial charge in [-0.25, -0.2) is 13.1 Å². The zero-order valence-electron chi connectivity index (χ0n) is 20.3. The van der Waals surface area contributed by atoms with Gasteiger partial charge in [0.05, 0.1) is 4.70 Å². The number of piperazine rings is 1. The maximum atomic E-state index is 13.0. The molecule has 4 aromatic rings. The molecule has 2 aliphatic rings. The third-order valence-electron chi connectivity index (χ3n) is 7.72. The Kier molecular flexibility index (Phi) is 7.01. The summed E-state index contributed by atoms with van der Waals surface area (Å²) in [6.07, 6.45) is 5.27. The molecule has 3 heterocycles. The van der Waals surface area contributed by atoms with E-state index < -0.39 is 10.0 Å². The first kappa shape index (κ1) is 24.3. The third kappa shape index (κ3) is 5.17. The molecule has 2 aromatic carbocycles. The highest BCUT2D eigenvalue weighted by Gasteiger charge is 2.28. The first-order chi connectivity index (χ1) is 17.5. The number of hydrogen-bond acceptors (Lipinski definition) is 7. The minimum absolute atomic E-state index is 0.0490. The van der Waals surface area contributed by atoms with Crippen molar-refractivity contribution in [3.8, 4) is 0 Å². The van der Waals surface area contributed by atoms with Gasteiger partial charge in [0.1, 0.15) is 10.0 Å². The van der Waals surface area contributed by atoms with Gasteiger partial charge in [0.15, 0.2) is 0 Å². The van der Waals surface area contributed by atoms with Crippen molar-refractivity contribution in [2.24, 2.45) is 5.92 Å². The number of nitrogens with zero attached hydrogens (tertiary/aromatic N) is 3. The van der Waals surface area contributed by atoms with Crippen molar-refractivity contribution >= 4 is 58.9 Å². The van der Waals surface area contributed by atoms with Gasteiger partial charge in [-0.1, -0.05) is 30.3 Å². The molecule has 1 N–H and O–H groups in total. The first-order valence-electron chi connectivity index (χ1n) is 12.9. The van der Waals surface area contributed by atoms with Crippen LogP contribution in [0, 0.1) is 5.92 Å². The van der Waals surface area contributed by atoms with Crippen LogP contribution >= 0.6 is 22.9 Å². The minimum Gasteiger partial charge on any atom is -0.353 e. The van der Waals surface area contributed by atoms with Crippen molar-refractivity contribution in [2.45, 2.75) is 42.4 Å². The number of rotatable bonds is 7. The molecule has 0 amide bonds. The van der Waals surface area contributed by atoms with E-state index in [9.17, 15) is 8.42 Å². The van der Waals surface area contributed by atoms with E-state index in [-0.39, 0.29) is 6.04 Å². The Labute approximate surface area is 221 Å². The quantitative estimate of drug-likeness (QED) is 0.332. The lowest BCUT2D eigenvalue weighted by molar-refractivity contribution is 0.214. The lowest BCUT2D eigenvalue weighted by atomic mass is 9.84. The minimum atomic E-state index is -3.46. The van der Waals surface area contributed by atoms with Crippen LogP contribution in [0.4, 0.5) is 5.82 Å². The summed E-state index contributed by atoms with van der Waals surface area (Å²) in [6.45, 7) is 5.35. The fraction of sp³-hybridized carbons (Fsp3) is 0.444. The molecule has 0 radical (unpaired) electrons. The molecule has 6 rings (SSSR count). The van der Waals surface area contributed by atoms with Gasteiger partial charge < -0.3 is 4.90 Å². The van der Waals surface area contributed by atoms with Crippen molar-refractivity contribution in [2.75, 3.05) is 37.6 Å². The van der Waals surface area contributed by atoms with Gasteiger partial charge in [0.2, 0.25) is 10.0 Å². The lowest BCUT2D eigenvalue weighted by Gasteiger charge is -2.36. The molecular formula is C27H32N4O2S3. The molecule has 9 heteroatoms. The Balaban J connectivity index is 0.951. The highest BCUT2D eigenvalue weighted by atomic mass is 32.2. The standard InChI is InChI=1S/C27H32N4O2S3/c32-36(33,26-19-21-5-1-3-7-24(21)34-26)29-22-11-9-20(10-12-22)13-14-30-15-17-31(18-16-30)27-23-6-2-4-8-25(23)35-28-27/h1-8,19-20,22,29H,9-18H2. The van der Waals surface area contributed by atoms with E-state index in [1.165, 1.54) is 27.8 Å². The van der Waals surface area contributed by atoms with Crippen LogP contribution in [0.2, 0.25) is 0 Å². The Bertz CT molecular complexity index is 1400. The molecular weight excluding hydrogens is 509 g/mol. The van der Waals surface area contributed by atoms with Gasteiger partial charge >= 0.3 is 0 Å². The summed E-state index contributed by atoms with van der Waals surface area (Å²) >= 11 is 2.95. The topological polar surface area (TPSA) is 65.5 Å². The third-order valence-corrected chi connectivity index (χ3v) is 11.6. The number of aromatic nitrogens is 1. The number of fused-ring (bicyclic) bond motifs is 2. The van der Waals surface area contributed by atoms with Crippen LogP contribution in [-0.4, -0.2) is 56.5 Å². The number of hydrogen-bond donors (Lipinski definition) is 1. The van der Waals surface area contributed by atoms with Crippen LogP contribution in [0.15, 0.2) is 58.8 Å². The van der Waals surface area contributed by atoms with Crippen LogP contribution in [-0.2, 0) is 10.0 Å². The molecule has 1 saturated heterocycles. The number of benzene rings is 2. The van der Waals surface area contributed by atoms with Crippen molar-refractivity contribution in [3.05, 3.63) is 54.6 Å². The van der Waals surface area contributed by atoms with E-state index in [0.717, 1.165) is 74.3 Å². The molecule has 0 bridgehead atoms. The molecule has 0 atom stereocenters. The van der Waals surface area contributed by atoms with E-state index in [1.54, 1.807) is 17.6 Å². The predicted molar refractivity (Wildman–Crippen MR) is 151 cm³/mol. The average Bonchev–Trinajstić information content (AvgIpc) is 3.54. The average molecular weight is 541 g/mol. The van der Waals surface area contributed by atoms with Crippen LogP contribution in [0.25, 0.3) is 20.2 Å². The van der Waals surface area contributed by atoms with E-state index in [4.69, 9.17) is 4.37 Å². The zero-order chi connectivity index (χ0) is 24.5. The second-order valence-corrected chi connectivity index (χ2v) is 13.9. The summed E-state index contributed by atoms with van der Waals surface area (Å²) in [5.41, 5.74) is 0. The molecule has 1 saturated carbocycles. The van der Waals surface area contributed by atoms with Crippen LogP contribution < -0.4 is 9.62 Å². The van der Waals surface area contributed by atoms with Crippen molar-refractivity contribution in [1.82, 2.24) is 14.0 Å². The second-order valence-electron chi connectivity index (χ2n) is 10.1. The maximum Gasteiger partial charge on any atom is 0.250 e. The molecule has 36 heavy (non-hydrogen) atoms. The largest absolute Gasteiger partial charge is 0.353 e. The van der Waals surface area contributed by atoms with Gasteiger partial charge in [-0.2, -0.15) is 4.37 Å². The molecule has 190 valence electrons. The fourth-order valence-corrected chi connectivity index (χ4v) is 9.10. The molecule has 1 aliphatic heterocycles. The Morgan fingerprint density at radius 1 is 0.917 bits per heavy atom. The molecule has 0 unspecified atom stereocenters. The maximum absolute atomic E-state index is 13.0. The van der Waals surface area contributed by atoms with E-state index in [0.29, 0.717) is 10.1 Å². The van der Waals surface area contributed by atoms with Gasteiger partial charge in [0, 0.05) is 42.3 Å². The molecule has 6 nitrogen and oxygen atoms in total. The van der Waals surface area contributed by atoms with Gasteiger partial charge in [-0.3, -0.25) is 4.90 Å². The van der Waals surface area contributed by atoms with Gasteiger partial charge in [-0.05, 0) is 85.8 Å². The Morgan fingerprint density at radius 2 is 1.64 bits per heavy atom. The highest BCUT2D eigenvalue weighted by Crippen LogP contribution is 2.32. The zero-order valence-corrected chi connectivity index (χ0v) is 22.8. The smallest absolute Gasteiger partial charge is 0.250 e. The van der Waals surface area contributed by atoms with Crippen molar-refractivity contribution in [1.29, 1.82) is 0 Å². The van der Waals surface area contributed by atoms with Gasteiger partial charge in [-0.15, -0.1) is 11.3 Å². The summed E-state index contributed by atoms with van der Waals surface area (Å²) < 4.78 is 36.3. The SMILES string of the molecule is O=S(=O)(NC1CCC(CCN2CCN(c3nsc4ccccc34)CC2)CC1)c1cc2ccccc2s1. The van der Waals surface area contributed by atoms with Gasteiger partial charge in [0.25, 0.3) is 0 Å². The predicted octanol–water partition coefficient (Wildman–Crippen LogP) is 5.56. The molecule has 1 aliphatic carbocycles. The number of nitrogens with one attached hydrogen (secondary N) is 1. The first-order valence-corrected chi connectivity index (χ1v) is 15.9. The van der Waals surface area contributed by atoms with Crippen LogP contribution in [0.3, 0.4) is 0 Å². The lowest BCUT2D eigenvalue weighted by Crippen LogP contribution is -2.47. The van der Waals surface area contributed by atoms with E-state index in [1.807, 2.05) is 24.3 Å². The molecule has 2 fully saturated rings. The summed E-state index contributed by atoms with van der Waals surface area (Å²) in [6, 6.07) is 18.2. The van der Waals surface area contributed by atoms with E-state index >= 15 is 0 Å². The highest BCUT2D eigenvalue weighted by molar-refractivity contribution is 7.91. The summed E-state index contributed by atoms with van der Waals surface area (Å²) in [5, 5.41) is 2.27. The number of thiophene rings is 1. The second kappa shape index (κ2) is 10.4. The number of anilines is 1. The summed E-state index contributed by atoms with van der Waals surface area (Å²) in [7, 11) is -3.46. The van der Waals surface area contributed by atoms with Crippen molar-refractivity contribution < 1.29 is 8.42 Å². The van der Waals surface area contributed by atoms with Crippen LogP contribution in [0.5, 0.6) is 0 Å². The van der Waals surface area contributed by atoms with Crippen molar-refractivity contribution in [3.63, 3.8) is 0 Å². The van der Waals surface area contributed by atoms with Crippen LogP contribution in [0.1, 0.15) is 32.1 Å². The monoisotopic (exact) mass is 540 g/mol.